The van der Waals surface area contributed by atoms with Crippen molar-refractivity contribution in [2.45, 2.75) is 112 Å². The molecule has 2 unspecified atom stereocenters. The monoisotopic (exact) mass is 336 g/mol. The van der Waals surface area contributed by atoms with Gasteiger partial charge in [-0.2, -0.15) is 0 Å². The quantitative estimate of drug-likeness (QED) is 0.279. The zero-order chi connectivity index (χ0) is 18.4. The van der Waals surface area contributed by atoms with E-state index in [0.717, 1.165) is 24.2 Å². The molecule has 0 aliphatic heterocycles. The van der Waals surface area contributed by atoms with E-state index < -0.39 is 0 Å². The molecule has 2 atom stereocenters. The van der Waals surface area contributed by atoms with E-state index in [1.165, 1.54) is 63.4 Å². The molecule has 24 heavy (non-hydrogen) atoms. The summed E-state index contributed by atoms with van der Waals surface area (Å²) in [4.78, 5) is 10.9. The average Bonchev–Trinajstić information content (AvgIpc) is 2.46. The highest BCUT2D eigenvalue weighted by Gasteiger charge is 2.06. The van der Waals surface area contributed by atoms with Gasteiger partial charge >= 0.3 is 0 Å². The first kappa shape index (κ1) is 23.4. The summed E-state index contributed by atoms with van der Waals surface area (Å²) in [5.74, 6) is 2.92. The SMILES string of the molecule is CC(=O)CC/C=C(\C)CCCC(C)CCCC(C)CCCC(C)C. The molecule has 0 saturated heterocycles. The second-order valence-electron chi connectivity index (χ2n) is 8.65. The first-order valence-corrected chi connectivity index (χ1v) is 10.5. The van der Waals surface area contributed by atoms with Crippen LogP contribution in [0.1, 0.15) is 112 Å². The van der Waals surface area contributed by atoms with Crippen LogP contribution in [-0.4, -0.2) is 5.78 Å². The number of ketones is 1. The lowest BCUT2D eigenvalue weighted by molar-refractivity contribution is -0.116. The largest absolute Gasteiger partial charge is 0.300 e. The Labute approximate surface area is 152 Å². The molecule has 0 fully saturated rings. The summed E-state index contributed by atoms with van der Waals surface area (Å²) in [5.41, 5.74) is 1.46. The van der Waals surface area contributed by atoms with Gasteiger partial charge in [0.05, 0.1) is 0 Å². The maximum atomic E-state index is 10.9. The van der Waals surface area contributed by atoms with E-state index in [-0.39, 0.29) is 0 Å². The third kappa shape index (κ3) is 16.3. The second kappa shape index (κ2) is 14.7. The van der Waals surface area contributed by atoms with Gasteiger partial charge in [-0.15, -0.1) is 0 Å². The van der Waals surface area contributed by atoms with Crippen LogP contribution in [0.25, 0.3) is 0 Å². The number of hydrogen-bond donors (Lipinski definition) is 0. The van der Waals surface area contributed by atoms with E-state index in [1.807, 2.05) is 0 Å². The lowest BCUT2D eigenvalue weighted by Gasteiger charge is -2.15. The zero-order valence-electron chi connectivity index (χ0n) is 17.5. The Morgan fingerprint density at radius 2 is 1.25 bits per heavy atom. The van der Waals surface area contributed by atoms with Crippen molar-refractivity contribution >= 4 is 5.78 Å². The molecule has 0 spiro atoms. The third-order valence-electron chi connectivity index (χ3n) is 5.13. The summed E-state index contributed by atoms with van der Waals surface area (Å²) < 4.78 is 0. The Kier molecular flexibility index (Phi) is 14.4. The van der Waals surface area contributed by atoms with Gasteiger partial charge in [-0.25, -0.2) is 0 Å². The summed E-state index contributed by atoms with van der Waals surface area (Å²) in [6.07, 6.45) is 16.1. The van der Waals surface area contributed by atoms with Crippen LogP contribution in [0.15, 0.2) is 11.6 Å². The van der Waals surface area contributed by atoms with Gasteiger partial charge < -0.3 is 4.79 Å². The lowest BCUT2D eigenvalue weighted by Crippen LogP contribution is -2.00. The first-order valence-electron chi connectivity index (χ1n) is 10.5. The molecule has 0 aromatic heterocycles. The predicted molar refractivity (Wildman–Crippen MR) is 108 cm³/mol. The van der Waals surface area contributed by atoms with Crippen LogP contribution in [0.2, 0.25) is 0 Å². The predicted octanol–water partition coefficient (Wildman–Crippen LogP) is 7.74. The molecule has 0 aromatic rings. The fourth-order valence-corrected chi connectivity index (χ4v) is 3.33. The van der Waals surface area contributed by atoms with Crippen LogP contribution >= 0.6 is 0 Å². The normalized spacial score (nSPS) is 14.9. The van der Waals surface area contributed by atoms with Crippen molar-refractivity contribution in [3.8, 4) is 0 Å². The van der Waals surface area contributed by atoms with Crippen LogP contribution in [0, 0.1) is 17.8 Å². The van der Waals surface area contributed by atoms with Gasteiger partial charge in [0.25, 0.3) is 0 Å². The molecule has 0 amide bonds. The standard InChI is InChI=1S/C23H44O/c1-19(2)11-7-12-20(3)13-8-14-21(4)15-9-16-22(5)17-10-18-23(6)24/h17,19-21H,7-16,18H2,1-6H3/b22-17+. The minimum Gasteiger partial charge on any atom is -0.300 e. The van der Waals surface area contributed by atoms with E-state index in [9.17, 15) is 4.79 Å². The summed E-state index contributed by atoms with van der Waals surface area (Å²) in [7, 11) is 0. The smallest absolute Gasteiger partial charge is 0.130 e. The van der Waals surface area contributed by atoms with E-state index in [2.05, 4.69) is 40.7 Å². The molecule has 0 aliphatic carbocycles. The van der Waals surface area contributed by atoms with Gasteiger partial charge in [0, 0.05) is 6.42 Å². The zero-order valence-corrected chi connectivity index (χ0v) is 17.5. The Morgan fingerprint density at radius 1 is 0.750 bits per heavy atom. The Hall–Kier alpha value is -0.590. The lowest BCUT2D eigenvalue weighted by atomic mass is 9.91. The van der Waals surface area contributed by atoms with Crippen molar-refractivity contribution in [3.05, 3.63) is 11.6 Å². The van der Waals surface area contributed by atoms with Crippen molar-refractivity contribution in [1.29, 1.82) is 0 Å². The van der Waals surface area contributed by atoms with E-state index in [0.29, 0.717) is 12.2 Å². The van der Waals surface area contributed by atoms with Gasteiger partial charge in [0.1, 0.15) is 5.78 Å². The van der Waals surface area contributed by atoms with Gasteiger partial charge in [-0.1, -0.05) is 84.3 Å². The fourth-order valence-electron chi connectivity index (χ4n) is 3.33. The number of hydrogen-bond acceptors (Lipinski definition) is 1. The molecule has 0 rings (SSSR count). The Balaban J connectivity index is 3.61. The fraction of sp³-hybridized carbons (Fsp3) is 0.870. The summed E-state index contributed by atoms with van der Waals surface area (Å²) in [6.45, 7) is 13.4. The third-order valence-corrected chi connectivity index (χ3v) is 5.13. The summed E-state index contributed by atoms with van der Waals surface area (Å²) in [5, 5.41) is 0. The highest BCUT2D eigenvalue weighted by molar-refractivity contribution is 5.75. The molecular formula is C23H44O. The Morgan fingerprint density at radius 3 is 1.75 bits per heavy atom. The van der Waals surface area contributed by atoms with Crippen molar-refractivity contribution in [3.63, 3.8) is 0 Å². The highest BCUT2D eigenvalue weighted by Crippen LogP contribution is 2.22. The van der Waals surface area contributed by atoms with Crippen LogP contribution in [0.4, 0.5) is 0 Å². The van der Waals surface area contributed by atoms with Gasteiger partial charge in [-0.3, -0.25) is 0 Å². The van der Waals surface area contributed by atoms with Gasteiger partial charge in [-0.05, 0) is 50.9 Å². The topological polar surface area (TPSA) is 17.1 Å². The van der Waals surface area contributed by atoms with Crippen LogP contribution < -0.4 is 0 Å². The Bertz CT molecular complexity index is 340. The van der Waals surface area contributed by atoms with Crippen molar-refractivity contribution in [1.82, 2.24) is 0 Å². The molecular weight excluding hydrogens is 292 g/mol. The molecule has 0 N–H and O–H groups in total. The number of rotatable bonds is 15. The molecule has 0 aliphatic rings. The minimum atomic E-state index is 0.297. The maximum Gasteiger partial charge on any atom is 0.130 e. The molecule has 0 aromatic carbocycles. The van der Waals surface area contributed by atoms with E-state index >= 15 is 0 Å². The minimum absolute atomic E-state index is 0.297. The molecule has 1 heteroatoms. The highest BCUT2D eigenvalue weighted by atomic mass is 16.1. The van der Waals surface area contributed by atoms with Gasteiger partial charge in [0.2, 0.25) is 0 Å². The second-order valence-corrected chi connectivity index (χ2v) is 8.65. The van der Waals surface area contributed by atoms with E-state index in [4.69, 9.17) is 0 Å². The van der Waals surface area contributed by atoms with Crippen LogP contribution in [-0.2, 0) is 4.79 Å². The van der Waals surface area contributed by atoms with Crippen LogP contribution in [0.5, 0.6) is 0 Å². The number of allylic oxidation sites excluding steroid dienone is 2. The maximum absolute atomic E-state index is 10.9. The van der Waals surface area contributed by atoms with Crippen LogP contribution in [0.3, 0.4) is 0 Å². The molecule has 142 valence electrons. The first-order chi connectivity index (χ1) is 11.3. The van der Waals surface area contributed by atoms with Crippen molar-refractivity contribution < 1.29 is 4.79 Å². The summed E-state index contributed by atoms with van der Waals surface area (Å²) >= 11 is 0. The number of Topliss-reactive ketones (excluding diaryl/α,β-unsaturated/α-hetero) is 1. The number of carbonyl (C=O) groups excluding carboxylic acids is 1. The number of carbonyl (C=O) groups is 1. The summed E-state index contributed by atoms with van der Waals surface area (Å²) in [6, 6.07) is 0. The average molecular weight is 337 g/mol. The molecule has 0 radical (unpaired) electrons. The van der Waals surface area contributed by atoms with Gasteiger partial charge in [0.15, 0.2) is 0 Å². The van der Waals surface area contributed by atoms with E-state index in [1.54, 1.807) is 6.92 Å². The molecule has 0 heterocycles. The molecule has 1 nitrogen and oxygen atoms in total. The molecule has 0 bridgehead atoms. The van der Waals surface area contributed by atoms with Crippen molar-refractivity contribution in [2.75, 3.05) is 0 Å². The van der Waals surface area contributed by atoms with Crippen molar-refractivity contribution in [2.24, 2.45) is 17.8 Å². The molecule has 0 saturated carbocycles.